The van der Waals surface area contributed by atoms with Gasteiger partial charge in [0.05, 0.1) is 11.0 Å². The number of sulfonamides is 1. The molecule has 5 aliphatic rings. The molecule has 192 valence electrons. The fourth-order valence-corrected chi connectivity index (χ4v) is 9.19. The SMILES string of the molecule is NC(=O)C12CC3CC(CC(CC(=O)C4(NS(=O)(=O)c5ccccc5OC(F)(F)F)CCC4)(C3)C1)C2. The molecule has 7 nitrogen and oxygen atoms in total. The van der Waals surface area contributed by atoms with Gasteiger partial charge in [0.2, 0.25) is 15.9 Å². The van der Waals surface area contributed by atoms with E-state index in [1.54, 1.807) is 0 Å². The number of ether oxygens (including phenoxy) is 1. The van der Waals surface area contributed by atoms with Crippen LogP contribution in [0, 0.1) is 22.7 Å². The standard InChI is InChI=1S/C24H29F3N2O5S/c25-24(26,27)34-17-4-1-2-5-18(17)35(32,33)29-23(6-3-7-23)19(30)13-21-9-15-8-16(10-21)12-22(11-15,14-21)20(28)31/h1-2,4-5,15-16,29H,3,6-14H2,(H2,28,31). The van der Waals surface area contributed by atoms with Gasteiger partial charge in [-0.2, -0.15) is 4.72 Å². The Labute approximate surface area is 202 Å². The summed E-state index contributed by atoms with van der Waals surface area (Å²) in [4.78, 5) is 25.4. The number of nitrogens with one attached hydrogen (secondary N) is 1. The summed E-state index contributed by atoms with van der Waals surface area (Å²) in [6.07, 6.45) is 0.948. The molecular formula is C24H29F3N2O5S. The Bertz CT molecular complexity index is 1150. The number of ketones is 1. The number of benzene rings is 1. The normalized spacial score (nSPS) is 33.2. The molecule has 0 saturated heterocycles. The first-order valence-electron chi connectivity index (χ1n) is 12.0. The third-order valence-electron chi connectivity index (χ3n) is 8.68. The van der Waals surface area contributed by atoms with Crippen molar-refractivity contribution in [3.05, 3.63) is 24.3 Å². The minimum absolute atomic E-state index is 0.137. The summed E-state index contributed by atoms with van der Waals surface area (Å²) in [5.74, 6) is -0.764. The Kier molecular flexibility index (Phi) is 5.56. The predicted octanol–water partition coefficient (Wildman–Crippen LogP) is 3.82. The molecule has 1 amide bonds. The predicted molar refractivity (Wildman–Crippen MR) is 118 cm³/mol. The highest BCUT2D eigenvalue weighted by molar-refractivity contribution is 7.89. The zero-order valence-electron chi connectivity index (χ0n) is 19.2. The number of carbonyl (C=O) groups excluding carboxylic acids is 2. The molecule has 5 saturated carbocycles. The van der Waals surface area contributed by atoms with Gasteiger partial charge in [-0.15, -0.1) is 13.2 Å². The number of Topliss-reactive ketones (excluding diaryl/α,β-unsaturated/α-hetero) is 1. The van der Waals surface area contributed by atoms with Crippen LogP contribution in [-0.4, -0.2) is 32.0 Å². The molecule has 0 spiro atoms. The lowest BCUT2D eigenvalue weighted by Gasteiger charge is -2.61. The van der Waals surface area contributed by atoms with Crippen molar-refractivity contribution in [3.8, 4) is 5.75 Å². The van der Waals surface area contributed by atoms with Crippen molar-refractivity contribution in [1.29, 1.82) is 0 Å². The molecule has 11 heteroatoms. The lowest BCUT2D eigenvalue weighted by Crippen LogP contribution is -2.62. The van der Waals surface area contributed by atoms with E-state index >= 15 is 0 Å². The van der Waals surface area contributed by atoms with E-state index in [1.807, 2.05) is 0 Å². The molecule has 1 aromatic rings. The number of hydrogen-bond donors (Lipinski definition) is 2. The van der Waals surface area contributed by atoms with E-state index < -0.39 is 38.0 Å². The third kappa shape index (κ3) is 4.34. The molecule has 4 bridgehead atoms. The minimum Gasteiger partial charge on any atom is -0.404 e. The summed E-state index contributed by atoms with van der Waals surface area (Å²) in [5.41, 5.74) is 3.45. The molecule has 35 heavy (non-hydrogen) atoms. The van der Waals surface area contributed by atoms with E-state index in [-0.39, 0.29) is 36.4 Å². The van der Waals surface area contributed by atoms with E-state index in [0.717, 1.165) is 44.2 Å². The molecule has 2 atom stereocenters. The second-order valence-corrected chi connectivity index (χ2v) is 12.9. The quantitative estimate of drug-likeness (QED) is 0.547. The summed E-state index contributed by atoms with van der Waals surface area (Å²) >= 11 is 0. The van der Waals surface area contributed by atoms with Crippen LogP contribution in [0.5, 0.6) is 5.75 Å². The largest absolute Gasteiger partial charge is 0.573 e. The monoisotopic (exact) mass is 514 g/mol. The topological polar surface area (TPSA) is 116 Å². The molecule has 0 heterocycles. The molecule has 0 aliphatic heterocycles. The first kappa shape index (κ1) is 24.5. The second kappa shape index (κ2) is 7.93. The first-order valence-corrected chi connectivity index (χ1v) is 13.5. The number of hydrogen-bond acceptors (Lipinski definition) is 5. The fraction of sp³-hybridized carbons (Fsp3) is 0.667. The van der Waals surface area contributed by atoms with E-state index in [2.05, 4.69) is 9.46 Å². The Balaban J connectivity index is 1.39. The van der Waals surface area contributed by atoms with Gasteiger partial charge in [0.15, 0.2) is 5.78 Å². The first-order chi connectivity index (χ1) is 16.3. The maximum atomic E-state index is 13.7. The smallest absolute Gasteiger partial charge is 0.404 e. The van der Waals surface area contributed by atoms with Crippen molar-refractivity contribution in [1.82, 2.24) is 4.72 Å². The van der Waals surface area contributed by atoms with Gasteiger partial charge >= 0.3 is 6.36 Å². The molecule has 3 N–H and O–H groups in total. The number of rotatable bonds is 8. The average molecular weight is 515 g/mol. The highest BCUT2D eigenvalue weighted by Crippen LogP contribution is 2.66. The van der Waals surface area contributed by atoms with Crippen molar-refractivity contribution < 1.29 is 35.9 Å². The van der Waals surface area contributed by atoms with Crippen LogP contribution in [0.15, 0.2) is 29.2 Å². The van der Waals surface area contributed by atoms with E-state index in [9.17, 15) is 31.2 Å². The summed E-state index contributed by atoms with van der Waals surface area (Å²) in [6.45, 7) is 0. The number of nitrogens with two attached hydrogens (primary N) is 1. The van der Waals surface area contributed by atoms with E-state index in [1.165, 1.54) is 12.1 Å². The number of halogens is 3. The van der Waals surface area contributed by atoms with E-state index in [4.69, 9.17) is 5.73 Å². The zero-order chi connectivity index (χ0) is 25.3. The number of primary amides is 1. The number of carbonyl (C=O) groups is 2. The van der Waals surface area contributed by atoms with Gasteiger partial charge in [0, 0.05) is 6.42 Å². The fourth-order valence-electron chi connectivity index (χ4n) is 7.62. The Hall–Kier alpha value is -2.14. The highest BCUT2D eigenvalue weighted by atomic mass is 32.2. The van der Waals surface area contributed by atoms with Crippen LogP contribution in [0.25, 0.3) is 0 Å². The molecular weight excluding hydrogens is 485 g/mol. The van der Waals surface area contributed by atoms with Crippen molar-refractivity contribution in [2.24, 2.45) is 28.4 Å². The molecule has 0 aromatic heterocycles. The Morgan fingerprint density at radius 1 is 1.09 bits per heavy atom. The highest BCUT2D eigenvalue weighted by Gasteiger charge is 2.61. The Morgan fingerprint density at radius 2 is 1.71 bits per heavy atom. The maximum Gasteiger partial charge on any atom is 0.573 e. The van der Waals surface area contributed by atoms with Gasteiger partial charge in [0.1, 0.15) is 10.6 Å². The van der Waals surface area contributed by atoms with Crippen LogP contribution in [0.3, 0.4) is 0 Å². The van der Waals surface area contributed by atoms with Crippen LogP contribution in [0.1, 0.15) is 64.2 Å². The van der Waals surface area contributed by atoms with Crippen molar-refractivity contribution in [2.45, 2.75) is 81.0 Å². The lowest BCUT2D eigenvalue weighted by molar-refractivity contribution is -0.275. The van der Waals surface area contributed by atoms with Crippen molar-refractivity contribution in [3.63, 3.8) is 0 Å². The molecule has 0 radical (unpaired) electrons. The van der Waals surface area contributed by atoms with Gasteiger partial charge in [-0.3, -0.25) is 9.59 Å². The van der Waals surface area contributed by atoms with Crippen molar-refractivity contribution >= 4 is 21.7 Å². The molecule has 5 fully saturated rings. The summed E-state index contributed by atoms with van der Waals surface area (Å²) in [7, 11) is -4.49. The molecule has 5 aliphatic carbocycles. The van der Waals surface area contributed by atoms with Crippen LogP contribution in [0.4, 0.5) is 13.2 Å². The van der Waals surface area contributed by atoms with Gasteiger partial charge in [-0.25, -0.2) is 8.42 Å². The average Bonchev–Trinajstić information content (AvgIpc) is 2.68. The Morgan fingerprint density at radius 3 is 2.26 bits per heavy atom. The van der Waals surface area contributed by atoms with Gasteiger partial charge in [-0.1, -0.05) is 12.1 Å². The van der Waals surface area contributed by atoms with Gasteiger partial charge in [0.25, 0.3) is 0 Å². The molecule has 2 unspecified atom stereocenters. The lowest BCUT2D eigenvalue weighted by atomic mass is 9.43. The maximum absolute atomic E-state index is 13.7. The number of para-hydroxylation sites is 1. The second-order valence-electron chi connectivity index (χ2n) is 11.2. The number of amides is 1. The zero-order valence-corrected chi connectivity index (χ0v) is 20.0. The van der Waals surface area contributed by atoms with Crippen LogP contribution in [-0.2, 0) is 19.6 Å². The number of alkyl halides is 3. The summed E-state index contributed by atoms with van der Waals surface area (Å²) in [6, 6.07) is 4.49. The van der Waals surface area contributed by atoms with Gasteiger partial charge < -0.3 is 10.5 Å². The van der Waals surface area contributed by atoms with Crippen molar-refractivity contribution in [2.75, 3.05) is 0 Å². The summed E-state index contributed by atoms with van der Waals surface area (Å²) < 4.78 is 71.2. The minimum atomic E-state index is -5.06. The molecule has 6 rings (SSSR count). The summed E-state index contributed by atoms with van der Waals surface area (Å²) in [5, 5.41) is 0. The van der Waals surface area contributed by atoms with E-state index in [0.29, 0.717) is 24.7 Å². The third-order valence-corrected chi connectivity index (χ3v) is 10.3. The van der Waals surface area contributed by atoms with Crippen LogP contribution >= 0.6 is 0 Å². The van der Waals surface area contributed by atoms with Crippen LogP contribution < -0.4 is 15.2 Å². The van der Waals surface area contributed by atoms with Gasteiger partial charge in [-0.05, 0) is 87.2 Å². The molecule has 1 aromatic carbocycles. The van der Waals surface area contributed by atoms with Crippen LogP contribution in [0.2, 0.25) is 0 Å².